The molecule has 1 amide bonds. The monoisotopic (exact) mass is 382 g/mol. The molecule has 5 nitrogen and oxygen atoms in total. The molecule has 0 atom stereocenters. The number of aromatic nitrogens is 1. The van der Waals surface area contributed by atoms with Gasteiger partial charge in [-0.2, -0.15) is 4.99 Å². The van der Waals surface area contributed by atoms with Crippen molar-refractivity contribution in [2.24, 2.45) is 4.99 Å². The first-order valence-electron chi connectivity index (χ1n) is 8.94. The van der Waals surface area contributed by atoms with Crippen LogP contribution in [-0.4, -0.2) is 23.1 Å². The maximum Gasteiger partial charge on any atom is 0.307 e. The molecule has 27 heavy (non-hydrogen) atoms. The van der Waals surface area contributed by atoms with Crippen molar-refractivity contribution in [3.8, 4) is 0 Å². The summed E-state index contributed by atoms with van der Waals surface area (Å²) in [6, 6.07) is 15.7. The Morgan fingerprint density at radius 1 is 1.15 bits per heavy atom. The summed E-state index contributed by atoms with van der Waals surface area (Å²) >= 11 is 1.47. The third kappa shape index (κ3) is 4.92. The smallest absolute Gasteiger partial charge is 0.307 e. The highest BCUT2D eigenvalue weighted by molar-refractivity contribution is 7.16. The summed E-state index contributed by atoms with van der Waals surface area (Å²) in [4.78, 5) is 29.2. The van der Waals surface area contributed by atoms with Gasteiger partial charge >= 0.3 is 5.97 Å². The van der Waals surface area contributed by atoms with Crippen LogP contribution in [0, 0.1) is 6.92 Å². The summed E-state index contributed by atoms with van der Waals surface area (Å²) in [6.45, 7) is 4.61. The second kappa shape index (κ2) is 8.77. The van der Waals surface area contributed by atoms with Crippen LogP contribution in [0.1, 0.15) is 24.5 Å². The number of amides is 1. The Kier molecular flexibility index (Phi) is 6.19. The number of esters is 1. The lowest BCUT2D eigenvalue weighted by Crippen LogP contribution is -2.20. The maximum absolute atomic E-state index is 12.5. The highest BCUT2D eigenvalue weighted by atomic mass is 32.1. The molecule has 0 spiro atoms. The van der Waals surface area contributed by atoms with Crippen molar-refractivity contribution in [2.75, 3.05) is 6.61 Å². The molecule has 0 saturated carbocycles. The Labute approximate surface area is 161 Å². The number of nitrogens with zero attached hydrogens (tertiary/aromatic N) is 2. The van der Waals surface area contributed by atoms with Gasteiger partial charge in [0, 0.05) is 6.54 Å². The molecule has 0 bridgehead atoms. The van der Waals surface area contributed by atoms with Crippen molar-refractivity contribution in [3.63, 3.8) is 0 Å². The van der Waals surface area contributed by atoms with Crippen LogP contribution < -0.4 is 4.80 Å². The third-order valence-corrected chi connectivity index (χ3v) is 5.14. The van der Waals surface area contributed by atoms with Crippen LogP contribution in [-0.2, 0) is 27.3 Å². The molecule has 2 aromatic carbocycles. The average Bonchev–Trinajstić information content (AvgIpc) is 2.96. The van der Waals surface area contributed by atoms with Crippen molar-refractivity contribution in [1.29, 1.82) is 0 Å². The number of rotatable bonds is 6. The number of hydrogen-bond acceptors (Lipinski definition) is 4. The number of ether oxygens (including phenoxy) is 1. The molecule has 1 aromatic heterocycles. The molecule has 6 heteroatoms. The number of fused-ring (bicyclic) bond motifs is 1. The summed E-state index contributed by atoms with van der Waals surface area (Å²) in [5.41, 5.74) is 3.05. The first-order valence-corrected chi connectivity index (χ1v) is 9.75. The number of hydrogen-bond donors (Lipinski definition) is 0. The van der Waals surface area contributed by atoms with Gasteiger partial charge in [0.25, 0.3) is 5.91 Å². The maximum atomic E-state index is 12.5. The molecule has 140 valence electrons. The van der Waals surface area contributed by atoms with Crippen LogP contribution in [0.25, 0.3) is 10.2 Å². The summed E-state index contributed by atoms with van der Waals surface area (Å²) in [7, 11) is 0. The zero-order valence-electron chi connectivity index (χ0n) is 15.5. The van der Waals surface area contributed by atoms with E-state index in [2.05, 4.69) is 11.1 Å². The van der Waals surface area contributed by atoms with E-state index in [1.54, 1.807) is 6.92 Å². The van der Waals surface area contributed by atoms with Crippen molar-refractivity contribution < 1.29 is 14.3 Å². The van der Waals surface area contributed by atoms with Gasteiger partial charge < -0.3 is 9.30 Å². The average molecular weight is 382 g/mol. The second-order valence-electron chi connectivity index (χ2n) is 6.23. The number of aryl methyl sites for hydroxylation is 2. The minimum Gasteiger partial charge on any atom is -0.466 e. The lowest BCUT2D eigenvalue weighted by molar-refractivity contribution is -0.143. The number of carbonyl (C=O) groups excluding carboxylic acids is 2. The Bertz CT molecular complexity index is 1020. The van der Waals surface area contributed by atoms with Gasteiger partial charge in [0.2, 0.25) is 0 Å². The normalized spacial score (nSPS) is 11.7. The molecule has 0 aliphatic heterocycles. The van der Waals surface area contributed by atoms with Crippen LogP contribution >= 0.6 is 11.3 Å². The molecule has 0 fully saturated rings. The molecular formula is C21H22N2O3S. The van der Waals surface area contributed by atoms with Crippen molar-refractivity contribution in [2.45, 2.75) is 33.2 Å². The van der Waals surface area contributed by atoms with Gasteiger partial charge in [0.15, 0.2) is 4.80 Å². The SMILES string of the molecule is CCOC(=O)CCn1c(=NC(=O)Cc2ccccc2)sc2cc(C)ccc21. The highest BCUT2D eigenvalue weighted by Crippen LogP contribution is 2.19. The van der Waals surface area contributed by atoms with E-state index in [0.717, 1.165) is 21.3 Å². The lowest BCUT2D eigenvalue weighted by Gasteiger charge is -2.05. The highest BCUT2D eigenvalue weighted by Gasteiger charge is 2.11. The van der Waals surface area contributed by atoms with Crippen LogP contribution in [0.2, 0.25) is 0 Å². The molecule has 3 rings (SSSR count). The van der Waals surface area contributed by atoms with Gasteiger partial charge in [0.1, 0.15) is 0 Å². The van der Waals surface area contributed by atoms with Crippen molar-refractivity contribution in [1.82, 2.24) is 4.57 Å². The molecule has 0 unspecified atom stereocenters. The fraction of sp³-hybridized carbons (Fsp3) is 0.286. The molecule has 0 radical (unpaired) electrons. The Morgan fingerprint density at radius 2 is 1.93 bits per heavy atom. The Balaban J connectivity index is 1.93. The van der Waals surface area contributed by atoms with Gasteiger partial charge in [-0.1, -0.05) is 47.7 Å². The lowest BCUT2D eigenvalue weighted by atomic mass is 10.1. The van der Waals surface area contributed by atoms with Gasteiger partial charge in [-0.3, -0.25) is 9.59 Å². The largest absolute Gasteiger partial charge is 0.466 e. The first-order chi connectivity index (χ1) is 13.1. The predicted octanol–water partition coefficient (Wildman–Crippen LogP) is 3.63. The predicted molar refractivity (Wildman–Crippen MR) is 107 cm³/mol. The van der Waals surface area contributed by atoms with E-state index in [1.807, 2.05) is 54.0 Å². The van der Waals surface area contributed by atoms with Crippen molar-refractivity contribution >= 4 is 33.4 Å². The molecule has 0 saturated heterocycles. The summed E-state index contributed by atoms with van der Waals surface area (Å²) in [5.74, 6) is -0.451. The first kappa shape index (κ1) is 19.0. The van der Waals surface area contributed by atoms with Crippen LogP contribution in [0.15, 0.2) is 53.5 Å². The van der Waals surface area contributed by atoms with E-state index in [9.17, 15) is 9.59 Å². The second-order valence-corrected chi connectivity index (χ2v) is 7.24. The Morgan fingerprint density at radius 3 is 2.67 bits per heavy atom. The van der Waals surface area contributed by atoms with Gasteiger partial charge in [-0.15, -0.1) is 0 Å². The Hall–Kier alpha value is -2.73. The fourth-order valence-corrected chi connectivity index (χ4v) is 4.01. The molecule has 0 aliphatic rings. The van der Waals surface area contributed by atoms with Crippen LogP contribution in [0.5, 0.6) is 0 Å². The molecule has 3 aromatic rings. The third-order valence-electron chi connectivity index (χ3n) is 4.10. The summed E-state index contributed by atoms with van der Waals surface area (Å²) in [6.07, 6.45) is 0.500. The van der Waals surface area contributed by atoms with Gasteiger partial charge in [0.05, 0.1) is 29.7 Å². The number of carbonyl (C=O) groups is 2. The van der Waals surface area contributed by atoms with Crippen LogP contribution in [0.4, 0.5) is 0 Å². The molecule has 1 heterocycles. The van der Waals surface area contributed by atoms with Crippen LogP contribution in [0.3, 0.4) is 0 Å². The number of benzene rings is 2. The minimum atomic E-state index is -0.252. The quantitative estimate of drug-likeness (QED) is 0.612. The number of thiazole rings is 1. The molecule has 0 aliphatic carbocycles. The topological polar surface area (TPSA) is 60.7 Å². The minimum absolute atomic E-state index is 0.200. The molecular weight excluding hydrogens is 360 g/mol. The van der Waals surface area contributed by atoms with Gasteiger partial charge in [-0.25, -0.2) is 0 Å². The zero-order chi connectivity index (χ0) is 19.2. The van der Waals surface area contributed by atoms with E-state index >= 15 is 0 Å². The van der Waals surface area contributed by atoms with E-state index in [-0.39, 0.29) is 24.7 Å². The fourth-order valence-electron chi connectivity index (χ4n) is 2.83. The standard InChI is InChI=1S/C21H22N2O3S/c1-3-26-20(25)11-12-23-17-10-9-15(2)13-18(17)27-21(23)22-19(24)14-16-7-5-4-6-8-16/h4-10,13H,3,11-12,14H2,1-2H3. The van der Waals surface area contributed by atoms with E-state index < -0.39 is 0 Å². The summed E-state index contributed by atoms with van der Waals surface area (Å²) in [5, 5.41) is 0. The van der Waals surface area contributed by atoms with E-state index in [1.165, 1.54) is 11.3 Å². The zero-order valence-corrected chi connectivity index (χ0v) is 16.3. The van der Waals surface area contributed by atoms with E-state index in [0.29, 0.717) is 18.0 Å². The molecule has 0 N–H and O–H groups in total. The summed E-state index contributed by atoms with van der Waals surface area (Å²) < 4.78 is 8.00. The van der Waals surface area contributed by atoms with Crippen molar-refractivity contribution in [3.05, 3.63) is 64.5 Å². The van der Waals surface area contributed by atoms with E-state index in [4.69, 9.17) is 4.74 Å². The van der Waals surface area contributed by atoms with Gasteiger partial charge in [-0.05, 0) is 37.1 Å².